The van der Waals surface area contributed by atoms with Crippen LogP contribution in [0.1, 0.15) is 18.9 Å². The van der Waals surface area contributed by atoms with Gasteiger partial charge in [-0.2, -0.15) is 0 Å². The van der Waals surface area contributed by atoms with Crippen molar-refractivity contribution in [3.63, 3.8) is 0 Å². The Labute approximate surface area is 173 Å². The fourth-order valence-electron chi connectivity index (χ4n) is 3.64. The molecule has 1 aromatic carbocycles. The second-order valence-electron chi connectivity index (χ2n) is 7.06. The number of ether oxygens (including phenoxy) is 1. The monoisotopic (exact) mass is 413 g/mol. The molecule has 2 aromatic rings. The van der Waals surface area contributed by atoms with E-state index in [9.17, 15) is 14.4 Å². The molecular formula is C21H23N3O4S. The number of carbonyl (C=O) groups excluding carboxylic acids is 3. The topological polar surface area (TPSA) is 71.8 Å². The van der Waals surface area contributed by atoms with Gasteiger partial charge in [0.1, 0.15) is 6.54 Å². The molecule has 2 aliphatic rings. The van der Waals surface area contributed by atoms with Crippen LogP contribution in [0.5, 0.6) is 0 Å². The van der Waals surface area contributed by atoms with Gasteiger partial charge in [0, 0.05) is 42.3 Å². The first kappa shape index (κ1) is 19.7. The number of morpholine rings is 1. The van der Waals surface area contributed by atoms with E-state index >= 15 is 0 Å². The zero-order valence-corrected chi connectivity index (χ0v) is 17.1. The molecule has 0 bridgehead atoms. The first-order valence-electron chi connectivity index (χ1n) is 9.77. The summed E-state index contributed by atoms with van der Waals surface area (Å²) in [5.74, 6) is -0.202. The summed E-state index contributed by atoms with van der Waals surface area (Å²) in [5.41, 5.74) is 1.76. The van der Waals surface area contributed by atoms with Gasteiger partial charge in [0.25, 0.3) is 11.1 Å². The van der Waals surface area contributed by atoms with Crippen molar-refractivity contribution in [2.24, 2.45) is 0 Å². The van der Waals surface area contributed by atoms with Crippen molar-refractivity contribution in [1.82, 2.24) is 14.4 Å². The fraction of sp³-hybridized carbons (Fsp3) is 0.381. The summed E-state index contributed by atoms with van der Waals surface area (Å²) < 4.78 is 7.23. The van der Waals surface area contributed by atoms with Crippen molar-refractivity contribution in [2.75, 3.05) is 32.8 Å². The lowest BCUT2D eigenvalue weighted by atomic mass is 10.1. The minimum atomic E-state index is -0.247. The van der Waals surface area contributed by atoms with Gasteiger partial charge in [0.2, 0.25) is 5.91 Å². The van der Waals surface area contributed by atoms with Gasteiger partial charge < -0.3 is 14.2 Å². The number of fused-ring (bicyclic) bond motifs is 1. The Morgan fingerprint density at radius 1 is 1.21 bits per heavy atom. The second kappa shape index (κ2) is 8.42. The lowest BCUT2D eigenvalue weighted by molar-refractivity contribution is -0.135. The van der Waals surface area contributed by atoms with Crippen molar-refractivity contribution in [3.05, 3.63) is 40.9 Å². The Morgan fingerprint density at radius 2 is 1.97 bits per heavy atom. The van der Waals surface area contributed by atoms with Gasteiger partial charge in [0.15, 0.2) is 0 Å². The van der Waals surface area contributed by atoms with Crippen LogP contribution < -0.4 is 0 Å². The van der Waals surface area contributed by atoms with Crippen LogP contribution in [0.15, 0.2) is 35.4 Å². The SMILES string of the molecule is CCCN1C(=O)S/C(=C\c2cn(CC(=O)N3CCOCC3)c3ccccc23)C1=O. The van der Waals surface area contributed by atoms with E-state index in [-0.39, 0.29) is 23.6 Å². The lowest BCUT2D eigenvalue weighted by Gasteiger charge is -2.27. The molecule has 3 heterocycles. The predicted molar refractivity (Wildman–Crippen MR) is 112 cm³/mol. The molecule has 4 rings (SSSR count). The second-order valence-corrected chi connectivity index (χ2v) is 8.05. The third-order valence-corrected chi connectivity index (χ3v) is 6.00. The van der Waals surface area contributed by atoms with Crippen LogP contribution in [0.4, 0.5) is 4.79 Å². The van der Waals surface area contributed by atoms with Crippen LogP contribution in [0.2, 0.25) is 0 Å². The van der Waals surface area contributed by atoms with E-state index < -0.39 is 0 Å². The predicted octanol–water partition coefficient (Wildman–Crippen LogP) is 2.95. The van der Waals surface area contributed by atoms with Crippen LogP contribution in [0, 0.1) is 0 Å². The first-order chi connectivity index (χ1) is 14.1. The summed E-state index contributed by atoms with van der Waals surface area (Å²) in [5, 5.41) is 0.721. The van der Waals surface area contributed by atoms with Crippen molar-refractivity contribution < 1.29 is 19.1 Å². The molecule has 0 radical (unpaired) electrons. The van der Waals surface area contributed by atoms with Gasteiger partial charge in [-0.15, -0.1) is 0 Å². The lowest BCUT2D eigenvalue weighted by Crippen LogP contribution is -2.42. The summed E-state index contributed by atoms with van der Waals surface area (Å²) in [6, 6.07) is 7.78. The van der Waals surface area contributed by atoms with E-state index in [2.05, 4.69) is 0 Å². The quantitative estimate of drug-likeness (QED) is 0.705. The number of aromatic nitrogens is 1. The number of carbonyl (C=O) groups is 3. The third kappa shape index (κ3) is 3.95. The number of amides is 3. The van der Waals surface area contributed by atoms with Gasteiger partial charge in [-0.3, -0.25) is 19.3 Å². The van der Waals surface area contributed by atoms with Gasteiger partial charge in [-0.05, 0) is 30.3 Å². The van der Waals surface area contributed by atoms with E-state index in [0.717, 1.165) is 34.6 Å². The average Bonchev–Trinajstić information content (AvgIpc) is 3.21. The number of thioether (sulfide) groups is 1. The highest BCUT2D eigenvalue weighted by atomic mass is 32.2. The molecule has 29 heavy (non-hydrogen) atoms. The Balaban J connectivity index is 1.63. The maximum Gasteiger partial charge on any atom is 0.293 e. The van der Waals surface area contributed by atoms with Crippen LogP contribution in [0.3, 0.4) is 0 Å². The first-order valence-corrected chi connectivity index (χ1v) is 10.6. The minimum Gasteiger partial charge on any atom is -0.378 e. The molecule has 2 aliphatic heterocycles. The smallest absolute Gasteiger partial charge is 0.293 e. The molecule has 0 aliphatic carbocycles. The van der Waals surface area contributed by atoms with Crippen molar-refractivity contribution in [3.8, 4) is 0 Å². The molecule has 3 amide bonds. The van der Waals surface area contributed by atoms with E-state index in [1.54, 1.807) is 6.08 Å². The number of para-hydroxylation sites is 1. The highest BCUT2D eigenvalue weighted by Crippen LogP contribution is 2.34. The number of hydrogen-bond acceptors (Lipinski definition) is 5. The molecular weight excluding hydrogens is 390 g/mol. The molecule has 1 aromatic heterocycles. The summed E-state index contributed by atoms with van der Waals surface area (Å²) in [4.78, 5) is 40.9. The molecule has 2 saturated heterocycles. The van der Waals surface area contributed by atoms with Crippen molar-refractivity contribution in [2.45, 2.75) is 19.9 Å². The molecule has 0 spiro atoms. The van der Waals surface area contributed by atoms with Crippen LogP contribution in [-0.4, -0.2) is 64.3 Å². The summed E-state index contributed by atoms with van der Waals surface area (Å²) >= 11 is 0.971. The summed E-state index contributed by atoms with van der Waals surface area (Å²) in [6.07, 6.45) is 4.38. The summed E-state index contributed by atoms with van der Waals surface area (Å²) in [6.45, 7) is 4.94. The Kier molecular flexibility index (Phi) is 5.73. The minimum absolute atomic E-state index is 0.0453. The van der Waals surface area contributed by atoms with Gasteiger partial charge in [-0.25, -0.2) is 0 Å². The van der Waals surface area contributed by atoms with E-state index in [0.29, 0.717) is 37.8 Å². The standard InChI is InChI=1S/C21H23N3O4S/c1-2-7-24-20(26)18(29-21(24)27)12-15-13-23(17-6-4-3-5-16(15)17)14-19(25)22-8-10-28-11-9-22/h3-6,12-13H,2,7-11,14H2,1H3/b18-12-. The molecule has 0 saturated carbocycles. The van der Waals surface area contributed by atoms with Crippen LogP contribution in [-0.2, 0) is 20.9 Å². The Hall–Kier alpha value is -2.58. The Bertz CT molecular complexity index is 991. The van der Waals surface area contributed by atoms with Crippen molar-refractivity contribution in [1.29, 1.82) is 0 Å². The zero-order valence-electron chi connectivity index (χ0n) is 16.3. The summed E-state index contributed by atoms with van der Waals surface area (Å²) in [7, 11) is 0. The maximum absolute atomic E-state index is 12.7. The highest BCUT2D eigenvalue weighted by Gasteiger charge is 2.34. The molecule has 2 fully saturated rings. The van der Waals surface area contributed by atoms with Gasteiger partial charge >= 0.3 is 0 Å². The van der Waals surface area contributed by atoms with Gasteiger partial charge in [-0.1, -0.05) is 25.1 Å². The largest absolute Gasteiger partial charge is 0.378 e. The molecule has 0 N–H and O–H groups in total. The number of nitrogens with zero attached hydrogens (tertiary/aromatic N) is 3. The van der Waals surface area contributed by atoms with Crippen LogP contribution >= 0.6 is 11.8 Å². The van der Waals surface area contributed by atoms with Crippen molar-refractivity contribution >= 4 is 45.8 Å². The number of rotatable bonds is 5. The zero-order chi connectivity index (χ0) is 20.4. The third-order valence-electron chi connectivity index (χ3n) is 5.10. The van der Waals surface area contributed by atoms with E-state index in [4.69, 9.17) is 4.74 Å². The number of hydrogen-bond donors (Lipinski definition) is 0. The fourth-order valence-corrected chi connectivity index (χ4v) is 4.49. The molecule has 0 unspecified atom stereocenters. The highest BCUT2D eigenvalue weighted by molar-refractivity contribution is 8.18. The van der Waals surface area contributed by atoms with E-state index in [1.165, 1.54) is 4.90 Å². The number of benzene rings is 1. The maximum atomic E-state index is 12.7. The normalized spacial score (nSPS) is 19.0. The van der Waals surface area contributed by atoms with Crippen LogP contribution in [0.25, 0.3) is 17.0 Å². The molecule has 8 heteroatoms. The number of imide groups is 1. The molecule has 7 nitrogen and oxygen atoms in total. The molecule has 0 atom stereocenters. The Morgan fingerprint density at radius 3 is 2.72 bits per heavy atom. The average molecular weight is 413 g/mol. The van der Waals surface area contributed by atoms with Gasteiger partial charge in [0.05, 0.1) is 18.1 Å². The molecule has 152 valence electrons. The van der Waals surface area contributed by atoms with E-state index in [1.807, 2.05) is 46.9 Å².